The predicted molar refractivity (Wildman–Crippen MR) is 161 cm³/mol. The minimum Gasteiger partial charge on any atom is -0.508 e. The van der Waals surface area contributed by atoms with Gasteiger partial charge in [0.15, 0.2) is 5.82 Å². The molecule has 0 bridgehead atoms. The van der Waals surface area contributed by atoms with Crippen molar-refractivity contribution in [2.75, 3.05) is 10.6 Å². The Morgan fingerprint density at radius 2 is 1.71 bits per heavy atom. The lowest BCUT2D eigenvalue weighted by atomic mass is 10.2. The number of carbonyl (C=O) groups excluding carboxylic acids is 1. The SMILES string of the molecule is O=Nc1ccc(/C=C/c2nc(Nc3ccc(O)cc3)c3ccc(NC(=O)c4csc(-c5ccccc5O)n4)cc3n2)o1. The number of phenols is 2. The molecule has 11 nitrogen and oxygen atoms in total. The molecule has 3 aromatic carbocycles. The number of benzene rings is 3. The van der Waals surface area contributed by atoms with Crippen molar-refractivity contribution in [2.45, 2.75) is 0 Å². The highest BCUT2D eigenvalue weighted by Gasteiger charge is 2.15. The number of nitrogens with one attached hydrogen (secondary N) is 2. The van der Waals surface area contributed by atoms with Crippen molar-refractivity contribution in [3.63, 3.8) is 0 Å². The van der Waals surface area contributed by atoms with E-state index in [-0.39, 0.29) is 23.1 Å². The van der Waals surface area contributed by atoms with E-state index in [1.807, 2.05) is 0 Å². The molecule has 6 rings (SSSR count). The van der Waals surface area contributed by atoms with Crippen molar-refractivity contribution >= 4 is 63.4 Å². The minimum atomic E-state index is -0.415. The summed E-state index contributed by atoms with van der Waals surface area (Å²) >= 11 is 1.26. The van der Waals surface area contributed by atoms with E-state index < -0.39 is 5.91 Å². The van der Waals surface area contributed by atoms with Crippen LogP contribution in [0.25, 0.3) is 33.6 Å². The summed E-state index contributed by atoms with van der Waals surface area (Å²) in [6, 6.07) is 21.6. The van der Waals surface area contributed by atoms with Crippen molar-refractivity contribution in [1.82, 2.24) is 15.0 Å². The van der Waals surface area contributed by atoms with Crippen LogP contribution in [-0.4, -0.2) is 31.1 Å². The summed E-state index contributed by atoms with van der Waals surface area (Å²) in [6.07, 6.45) is 3.23. The maximum absolute atomic E-state index is 13.0. The van der Waals surface area contributed by atoms with Gasteiger partial charge in [-0.05, 0) is 72.8 Å². The number of fused-ring (bicyclic) bond motifs is 1. The van der Waals surface area contributed by atoms with E-state index in [4.69, 9.17) is 4.42 Å². The van der Waals surface area contributed by atoms with E-state index in [9.17, 15) is 19.9 Å². The first-order chi connectivity index (χ1) is 20.4. The Bertz CT molecular complexity index is 1970. The number of carbonyl (C=O) groups is 1. The van der Waals surface area contributed by atoms with Crippen LogP contribution in [0.2, 0.25) is 0 Å². The molecule has 0 aliphatic heterocycles. The van der Waals surface area contributed by atoms with Gasteiger partial charge in [0, 0.05) is 33.4 Å². The maximum Gasteiger partial charge on any atom is 0.275 e. The zero-order valence-electron chi connectivity index (χ0n) is 21.6. The Morgan fingerprint density at radius 3 is 2.50 bits per heavy atom. The molecule has 6 aromatic rings. The lowest BCUT2D eigenvalue weighted by Gasteiger charge is -2.11. The van der Waals surface area contributed by atoms with E-state index in [2.05, 4.69) is 30.8 Å². The molecule has 0 fully saturated rings. The Balaban J connectivity index is 1.31. The summed E-state index contributed by atoms with van der Waals surface area (Å²) in [7, 11) is 0. The molecule has 42 heavy (non-hydrogen) atoms. The molecule has 1 amide bonds. The largest absolute Gasteiger partial charge is 0.508 e. The third kappa shape index (κ3) is 5.69. The van der Waals surface area contributed by atoms with Gasteiger partial charge in [-0.25, -0.2) is 15.0 Å². The summed E-state index contributed by atoms with van der Waals surface area (Å²) in [5.74, 6) is 0.975. The van der Waals surface area contributed by atoms with Crippen LogP contribution in [0.3, 0.4) is 0 Å². The molecule has 4 N–H and O–H groups in total. The first-order valence-electron chi connectivity index (χ1n) is 12.5. The van der Waals surface area contributed by atoms with Crippen molar-refractivity contribution < 1.29 is 19.4 Å². The highest BCUT2D eigenvalue weighted by molar-refractivity contribution is 7.13. The number of nitrogens with zero attached hydrogens (tertiary/aromatic N) is 4. The Morgan fingerprint density at radius 1 is 0.905 bits per heavy atom. The van der Waals surface area contributed by atoms with Gasteiger partial charge in [0.05, 0.1) is 11.1 Å². The normalized spacial score (nSPS) is 11.1. The highest BCUT2D eigenvalue weighted by atomic mass is 32.1. The molecule has 3 heterocycles. The first-order valence-corrected chi connectivity index (χ1v) is 13.4. The molecule has 3 aromatic heterocycles. The Labute approximate surface area is 241 Å². The van der Waals surface area contributed by atoms with Crippen LogP contribution in [0.5, 0.6) is 11.5 Å². The summed E-state index contributed by atoms with van der Waals surface area (Å²) in [5, 5.41) is 31.5. The summed E-state index contributed by atoms with van der Waals surface area (Å²) < 4.78 is 5.29. The second kappa shape index (κ2) is 11.3. The fourth-order valence-electron chi connectivity index (χ4n) is 4.07. The van der Waals surface area contributed by atoms with Crippen molar-refractivity contribution in [2.24, 2.45) is 5.18 Å². The van der Waals surface area contributed by atoms with Crippen molar-refractivity contribution in [3.8, 4) is 22.1 Å². The number of aromatic nitrogens is 3. The second-order valence-electron chi connectivity index (χ2n) is 8.94. The van der Waals surface area contributed by atoms with Gasteiger partial charge in [-0.2, -0.15) is 0 Å². The number of hydrogen-bond donors (Lipinski definition) is 4. The third-order valence-corrected chi connectivity index (χ3v) is 6.95. The number of nitroso groups, excluding NO2 is 1. The third-order valence-electron chi connectivity index (χ3n) is 6.07. The average Bonchev–Trinajstić information content (AvgIpc) is 3.68. The number of rotatable bonds is 8. The summed E-state index contributed by atoms with van der Waals surface area (Å²) in [6.45, 7) is 0. The standard InChI is InChI=1S/C30H20N6O5S/c37-19-8-5-17(6-9-19)31-28-21-12-7-18(15-23(21)33-26(35-28)13-10-20-11-14-27(36-40)41-20)32-29(39)24-16-42-30(34-24)22-3-1-2-4-25(22)38/h1-16,37-38H,(H,32,39)(H,31,33,35)/b13-10+. The topological polar surface area (TPSA) is 163 Å². The van der Waals surface area contributed by atoms with Crippen LogP contribution < -0.4 is 10.6 Å². The monoisotopic (exact) mass is 576 g/mol. The van der Waals surface area contributed by atoms with Gasteiger partial charge in [-0.1, -0.05) is 12.1 Å². The van der Waals surface area contributed by atoms with Gasteiger partial charge < -0.3 is 25.3 Å². The van der Waals surface area contributed by atoms with Crippen molar-refractivity contribution in [1.29, 1.82) is 0 Å². The van der Waals surface area contributed by atoms with Crippen LogP contribution in [0, 0.1) is 4.91 Å². The molecule has 0 aliphatic carbocycles. The number of para-hydroxylation sites is 1. The van der Waals surface area contributed by atoms with E-state index in [1.165, 1.54) is 17.4 Å². The maximum atomic E-state index is 13.0. The number of thiazole rings is 1. The summed E-state index contributed by atoms with van der Waals surface area (Å²) in [4.78, 5) is 37.4. The smallest absolute Gasteiger partial charge is 0.275 e. The van der Waals surface area contributed by atoms with Gasteiger partial charge in [0.2, 0.25) is 0 Å². The lowest BCUT2D eigenvalue weighted by Crippen LogP contribution is -2.12. The number of hydrogen-bond acceptors (Lipinski definition) is 11. The molecule has 0 unspecified atom stereocenters. The van der Waals surface area contributed by atoms with Crippen LogP contribution in [0.1, 0.15) is 22.1 Å². The molecular weight excluding hydrogens is 556 g/mol. The molecule has 0 aliphatic rings. The minimum absolute atomic E-state index is 0.0445. The van der Waals surface area contributed by atoms with Gasteiger partial charge in [-0.3, -0.25) is 4.79 Å². The fourth-order valence-corrected chi connectivity index (χ4v) is 4.90. The summed E-state index contributed by atoms with van der Waals surface area (Å²) in [5.41, 5.74) is 2.47. The first kappa shape index (κ1) is 26.3. The quantitative estimate of drug-likeness (QED) is 0.107. The second-order valence-corrected chi connectivity index (χ2v) is 9.80. The van der Waals surface area contributed by atoms with Gasteiger partial charge >= 0.3 is 0 Å². The van der Waals surface area contributed by atoms with Gasteiger partial charge in [0.25, 0.3) is 11.8 Å². The molecule has 0 spiro atoms. The van der Waals surface area contributed by atoms with Gasteiger partial charge in [-0.15, -0.1) is 16.2 Å². The molecule has 0 saturated carbocycles. The Hall–Kier alpha value is -5.88. The zero-order valence-corrected chi connectivity index (χ0v) is 22.4. The Kier molecular flexibility index (Phi) is 7.10. The van der Waals surface area contributed by atoms with Crippen LogP contribution in [0.15, 0.2) is 93.8 Å². The van der Waals surface area contributed by atoms with Crippen LogP contribution >= 0.6 is 11.3 Å². The van der Waals surface area contributed by atoms with E-state index in [0.717, 1.165) is 0 Å². The fraction of sp³-hybridized carbons (Fsp3) is 0. The molecular formula is C30H20N6O5S. The number of amides is 1. The lowest BCUT2D eigenvalue weighted by molar-refractivity contribution is 0.102. The van der Waals surface area contributed by atoms with E-state index >= 15 is 0 Å². The number of anilines is 3. The number of aromatic hydroxyl groups is 2. The average molecular weight is 577 g/mol. The molecule has 0 radical (unpaired) electrons. The zero-order chi connectivity index (χ0) is 29.1. The predicted octanol–water partition coefficient (Wildman–Crippen LogP) is 7.32. The molecule has 12 heteroatoms. The van der Waals surface area contributed by atoms with Crippen molar-refractivity contribution in [3.05, 3.63) is 106 Å². The molecule has 0 atom stereocenters. The van der Waals surface area contributed by atoms with Crippen LogP contribution in [-0.2, 0) is 0 Å². The number of furan rings is 1. The molecule has 206 valence electrons. The highest BCUT2D eigenvalue weighted by Crippen LogP contribution is 2.32. The molecule has 0 saturated heterocycles. The van der Waals surface area contributed by atoms with E-state index in [0.29, 0.717) is 50.3 Å². The van der Waals surface area contributed by atoms with Gasteiger partial charge in [0.1, 0.15) is 33.8 Å². The number of phenolic OH excluding ortho intramolecular Hbond substituents is 2. The van der Waals surface area contributed by atoms with Crippen LogP contribution in [0.4, 0.5) is 23.1 Å². The van der Waals surface area contributed by atoms with E-state index in [1.54, 1.807) is 90.3 Å².